The molecule has 0 bridgehead atoms. The van der Waals surface area contributed by atoms with E-state index in [0.29, 0.717) is 29.2 Å². The number of pyridine rings is 1. The van der Waals surface area contributed by atoms with Crippen LogP contribution in [0.3, 0.4) is 0 Å². The Morgan fingerprint density at radius 2 is 1.70 bits per heavy atom. The standard InChI is InChI=1S/C35H36ClF6N3O3S.CH2O3/c1-2-7-27-33(48-24-19-28(49-20-24)35(40,41)42,14-6-16-44(27)31(46)29-26(34(37,38)39)10-5-15-43-29)32(47)45-17-13-22-18-23(36)11-12-25(22)30(45)21-8-3-4-9-21;2-1(3)4/h5,10-12,15,18-21,27,30H,2-4,6-9,13-14,16-17H2,1H3;(H2,2,3,4)/t27-,30?,33+;/m1./s1. The fourth-order valence-electron chi connectivity index (χ4n) is 7.96. The predicted octanol–water partition coefficient (Wildman–Crippen LogP) is 9.60. The first kappa shape index (κ1) is 40.1. The fourth-order valence-corrected chi connectivity index (χ4v) is 8.83. The van der Waals surface area contributed by atoms with Gasteiger partial charge >= 0.3 is 18.5 Å². The van der Waals surface area contributed by atoms with Crippen molar-refractivity contribution in [3.8, 4) is 5.75 Å². The molecule has 53 heavy (non-hydrogen) atoms. The predicted molar refractivity (Wildman–Crippen MR) is 183 cm³/mol. The van der Waals surface area contributed by atoms with Gasteiger partial charge in [0.1, 0.15) is 16.3 Å². The summed E-state index contributed by atoms with van der Waals surface area (Å²) in [7, 11) is 0. The quantitative estimate of drug-likeness (QED) is 0.229. The van der Waals surface area contributed by atoms with E-state index >= 15 is 4.79 Å². The monoisotopic (exact) mass is 789 g/mol. The van der Waals surface area contributed by atoms with Crippen molar-refractivity contribution in [2.75, 3.05) is 13.1 Å². The number of hydrogen-bond acceptors (Lipinski definition) is 6. The molecule has 1 unspecified atom stereocenters. The van der Waals surface area contributed by atoms with E-state index in [4.69, 9.17) is 31.3 Å². The van der Waals surface area contributed by atoms with Gasteiger partial charge in [-0.3, -0.25) is 14.6 Å². The van der Waals surface area contributed by atoms with E-state index in [1.54, 1.807) is 11.0 Å². The lowest BCUT2D eigenvalue weighted by Gasteiger charge is -2.52. The van der Waals surface area contributed by atoms with Gasteiger partial charge in [0.05, 0.1) is 17.6 Å². The number of carbonyl (C=O) groups excluding carboxylic acids is 2. The van der Waals surface area contributed by atoms with Crippen LogP contribution in [0.25, 0.3) is 0 Å². The molecule has 1 aromatic carbocycles. The minimum Gasteiger partial charge on any atom is -0.474 e. The van der Waals surface area contributed by atoms with Gasteiger partial charge in [0.25, 0.3) is 11.8 Å². The topological polar surface area (TPSA) is 120 Å². The lowest BCUT2D eigenvalue weighted by atomic mass is 9.77. The van der Waals surface area contributed by atoms with Gasteiger partial charge in [-0.1, -0.05) is 43.9 Å². The average molecular weight is 790 g/mol. The third kappa shape index (κ3) is 8.69. The van der Waals surface area contributed by atoms with Crippen LogP contribution < -0.4 is 4.74 Å². The van der Waals surface area contributed by atoms with E-state index in [0.717, 1.165) is 61.2 Å². The molecule has 1 aliphatic carbocycles. The normalized spacial score (nSPS) is 22.1. The molecule has 0 radical (unpaired) electrons. The summed E-state index contributed by atoms with van der Waals surface area (Å²) < 4.78 is 89.9. The first-order valence-corrected chi connectivity index (χ1v) is 18.4. The Bertz CT molecular complexity index is 1800. The van der Waals surface area contributed by atoms with Crippen LogP contribution in [0.1, 0.15) is 96.4 Å². The van der Waals surface area contributed by atoms with Gasteiger partial charge in [0, 0.05) is 42.2 Å². The van der Waals surface area contributed by atoms with Crippen molar-refractivity contribution in [3.05, 3.63) is 80.3 Å². The molecular weight excluding hydrogens is 752 g/mol. The maximum atomic E-state index is 15.4. The van der Waals surface area contributed by atoms with Crippen molar-refractivity contribution in [1.29, 1.82) is 0 Å². The summed E-state index contributed by atoms with van der Waals surface area (Å²) in [6.45, 7) is 2.10. The van der Waals surface area contributed by atoms with Crippen LogP contribution >= 0.6 is 22.9 Å². The first-order chi connectivity index (χ1) is 25.0. The van der Waals surface area contributed by atoms with E-state index in [9.17, 15) is 31.1 Å². The molecule has 1 saturated heterocycles. The molecule has 3 atom stereocenters. The maximum absolute atomic E-state index is 15.4. The van der Waals surface area contributed by atoms with Crippen LogP contribution in [0.2, 0.25) is 5.02 Å². The minimum absolute atomic E-state index is 0.0145. The molecule has 3 aromatic rings. The third-order valence-electron chi connectivity index (χ3n) is 10.0. The summed E-state index contributed by atoms with van der Waals surface area (Å²) in [6, 6.07) is 6.83. The molecule has 17 heteroatoms. The number of rotatable bonds is 7. The molecule has 2 aliphatic heterocycles. The number of carboxylic acid groups (broad SMARTS) is 2. The zero-order valence-corrected chi connectivity index (χ0v) is 30.1. The second-order valence-corrected chi connectivity index (χ2v) is 14.7. The van der Waals surface area contributed by atoms with Gasteiger partial charge in [-0.25, -0.2) is 4.79 Å². The molecule has 2 amide bonds. The number of thiophene rings is 1. The van der Waals surface area contributed by atoms with Crippen molar-refractivity contribution in [1.82, 2.24) is 14.8 Å². The van der Waals surface area contributed by atoms with Crippen LogP contribution in [0.5, 0.6) is 5.75 Å². The third-order valence-corrected chi connectivity index (χ3v) is 11.2. The van der Waals surface area contributed by atoms with Crippen LogP contribution in [-0.2, 0) is 23.6 Å². The molecule has 6 rings (SSSR count). The molecule has 9 nitrogen and oxygen atoms in total. The Morgan fingerprint density at radius 3 is 2.32 bits per heavy atom. The summed E-state index contributed by atoms with van der Waals surface area (Å²) in [5.74, 6) is -1.58. The number of hydrogen-bond donors (Lipinski definition) is 2. The molecule has 2 aromatic heterocycles. The largest absolute Gasteiger partial charge is 0.503 e. The molecular formula is C36H38ClF6N3O6S. The Morgan fingerprint density at radius 1 is 1.00 bits per heavy atom. The SMILES string of the molecule is CCC[C@H]1N(C(=O)c2ncccc2C(F)(F)F)CCC[C@@]1(Oc1csc(C(F)(F)F)c1)C(=O)N1CCc2cc(Cl)ccc2C1C1CCCC1.O=C(O)O. The Hall–Kier alpha value is -4.05. The fraction of sp³-hybridized carbons (Fsp3) is 0.500. The summed E-state index contributed by atoms with van der Waals surface area (Å²) in [5.41, 5.74) is -1.95. The molecule has 3 aliphatic rings. The summed E-state index contributed by atoms with van der Waals surface area (Å²) in [5, 5.41) is 15.7. The van der Waals surface area contributed by atoms with Crippen molar-refractivity contribution in [3.63, 3.8) is 0 Å². The molecule has 0 spiro atoms. The van der Waals surface area contributed by atoms with Gasteiger partial charge < -0.3 is 24.7 Å². The lowest BCUT2D eigenvalue weighted by molar-refractivity contribution is -0.163. The number of piperidine rings is 1. The van der Waals surface area contributed by atoms with Gasteiger partial charge in [0.15, 0.2) is 0 Å². The van der Waals surface area contributed by atoms with Gasteiger partial charge in [-0.15, -0.1) is 11.3 Å². The van der Waals surface area contributed by atoms with Crippen molar-refractivity contribution >= 4 is 40.9 Å². The van der Waals surface area contributed by atoms with Gasteiger partial charge in [0.2, 0.25) is 5.60 Å². The van der Waals surface area contributed by atoms with Crippen molar-refractivity contribution in [2.24, 2.45) is 5.92 Å². The number of alkyl halides is 6. The molecule has 1 saturated carbocycles. The molecule has 2 N–H and O–H groups in total. The number of likely N-dealkylation sites (tertiary alicyclic amines) is 1. The zero-order valence-electron chi connectivity index (χ0n) is 28.6. The zero-order chi connectivity index (χ0) is 38.7. The summed E-state index contributed by atoms with van der Waals surface area (Å²) in [4.78, 5) is 43.9. The maximum Gasteiger partial charge on any atom is 0.503 e. The molecule has 4 heterocycles. The number of benzene rings is 1. The van der Waals surface area contributed by atoms with Gasteiger partial charge in [-0.05, 0) is 73.4 Å². The number of aromatic nitrogens is 1. The summed E-state index contributed by atoms with van der Waals surface area (Å²) >= 11 is 6.77. The molecule has 288 valence electrons. The smallest absolute Gasteiger partial charge is 0.474 e. The van der Waals surface area contributed by atoms with E-state index in [1.165, 1.54) is 10.3 Å². The number of ether oxygens (including phenoxy) is 1. The number of nitrogens with zero attached hydrogens (tertiary/aromatic N) is 3. The van der Waals surface area contributed by atoms with E-state index in [2.05, 4.69) is 4.98 Å². The first-order valence-electron chi connectivity index (χ1n) is 17.2. The van der Waals surface area contributed by atoms with Crippen LogP contribution in [0, 0.1) is 5.92 Å². The van der Waals surface area contributed by atoms with Crippen molar-refractivity contribution in [2.45, 2.75) is 94.7 Å². The van der Waals surface area contributed by atoms with Crippen LogP contribution in [0.4, 0.5) is 31.1 Å². The van der Waals surface area contributed by atoms with E-state index in [-0.39, 0.29) is 50.1 Å². The number of amides is 2. The number of fused-ring (bicyclic) bond motifs is 1. The van der Waals surface area contributed by atoms with Crippen LogP contribution in [-0.4, -0.2) is 67.7 Å². The highest BCUT2D eigenvalue weighted by Crippen LogP contribution is 2.48. The summed E-state index contributed by atoms with van der Waals surface area (Å²) in [6.07, 6.45) is -5.32. The number of halogens is 7. The Balaban J connectivity index is 0.00000129. The second kappa shape index (κ2) is 16.1. The highest BCUT2D eigenvalue weighted by Gasteiger charge is 2.57. The second-order valence-electron chi connectivity index (χ2n) is 13.3. The lowest BCUT2D eigenvalue weighted by Crippen LogP contribution is -2.68. The number of carbonyl (C=O) groups is 3. The Kier molecular flexibility index (Phi) is 12.2. The highest BCUT2D eigenvalue weighted by molar-refractivity contribution is 7.10. The average Bonchev–Trinajstić information content (AvgIpc) is 3.80. The highest BCUT2D eigenvalue weighted by atomic mass is 35.5. The van der Waals surface area contributed by atoms with Gasteiger partial charge in [-0.2, -0.15) is 26.3 Å². The van der Waals surface area contributed by atoms with E-state index < -0.39 is 58.1 Å². The minimum atomic E-state index is -4.87. The Labute approximate surface area is 310 Å². The van der Waals surface area contributed by atoms with E-state index in [1.807, 2.05) is 19.1 Å². The van der Waals surface area contributed by atoms with Crippen molar-refractivity contribution < 1.29 is 55.7 Å². The van der Waals surface area contributed by atoms with Crippen LogP contribution in [0.15, 0.2) is 48.0 Å². The molecule has 2 fully saturated rings.